The van der Waals surface area contributed by atoms with Crippen LogP contribution >= 0.6 is 0 Å². The molecule has 0 radical (unpaired) electrons. The molecule has 0 spiro atoms. The molecular weight excluding hydrogens is 210 g/mol. The topological polar surface area (TPSA) is 35.2 Å². The lowest BCUT2D eigenvalue weighted by molar-refractivity contribution is 0.138. The number of fused-ring (bicyclic) bond motifs is 1. The Kier molecular flexibility index (Phi) is 3.17. The van der Waals surface area contributed by atoms with Crippen molar-refractivity contribution in [1.82, 2.24) is 0 Å². The van der Waals surface area contributed by atoms with Crippen LogP contribution in [0, 0.1) is 5.92 Å². The van der Waals surface area contributed by atoms with Crippen molar-refractivity contribution in [3.63, 3.8) is 0 Å². The summed E-state index contributed by atoms with van der Waals surface area (Å²) in [6, 6.07) is 6.54. The van der Waals surface area contributed by atoms with E-state index in [0.717, 1.165) is 18.6 Å². The van der Waals surface area contributed by atoms with Gasteiger partial charge in [0.25, 0.3) is 0 Å². The van der Waals surface area contributed by atoms with E-state index in [0.29, 0.717) is 5.92 Å². The molecule has 0 aromatic heterocycles. The lowest BCUT2D eigenvalue weighted by Gasteiger charge is -2.16. The van der Waals surface area contributed by atoms with Crippen LogP contribution in [0.3, 0.4) is 0 Å². The molecule has 0 saturated heterocycles. The lowest BCUT2D eigenvalue weighted by Crippen LogP contribution is -2.24. The highest BCUT2D eigenvalue weighted by Gasteiger charge is 2.30. The second-order valence-corrected chi connectivity index (χ2v) is 6.14. The minimum atomic E-state index is -0.0664. The molecule has 1 atom stereocenters. The standard InChI is InChI=1S/C15H23NO/c1-10(2)7-13(16)11-5-6-14-12(8-11)9-15(3,4)17-14/h5-6,8,10,13H,7,9,16H2,1-4H3. The first kappa shape index (κ1) is 12.4. The Morgan fingerprint density at radius 3 is 2.71 bits per heavy atom. The van der Waals surface area contributed by atoms with Gasteiger partial charge in [0.1, 0.15) is 11.4 Å². The second-order valence-electron chi connectivity index (χ2n) is 6.14. The molecular formula is C15H23NO. The quantitative estimate of drug-likeness (QED) is 0.868. The smallest absolute Gasteiger partial charge is 0.123 e. The zero-order chi connectivity index (χ0) is 12.6. The van der Waals surface area contributed by atoms with Gasteiger partial charge in [0, 0.05) is 12.5 Å². The zero-order valence-corrected chi connectivity index (χ0v) is 11.3. The van der Waals surface area contributed by atoms with Crippen LogP contribution in [0.25, 0.3) is 0 Å². The van der Waals surface area contributed by atoms with E-state index >= 15 is 0 Å². The molecule has 2 nitrogen and oxygen atoms in total. The van der Waals surface area contributed by atoms with Crippen molar-refractivity contribution in [3.8, 4) is 5.75 Å². The number of benzene rings is 1. The summed E-state index contributed by atoms with van der Waals surface area (Å²) in [4.78, 5) is 0. The predicted octanol–water partition coefficient (Wildman–Crippen LogP) is 3.45. The molecule has 1 heterocycles. The van der Waals surface area contributed by atoms with Crippen LogP contribution in [0.1, 0.15) is 51.3 Å². The number of ether oxygens (including phenoxy) is 1. The van der Waals surface area contributed by atoms with Crippen molar-refractivity contribution in [2.75, 3.05) is 0 Å². The highest BCUT2D eigenvalue weighted by molar-refractivity contribution is 5.42. The van der Waals surface area contributed by atoms with Gasteiger partial charge in [-0.05, 0) is 43.4 Å². The Labute approximate surface area is 104 Å². The number of hydrogen-bond donors (Lipinski definition) is 1. The molecule has 1 aromatic carbocycles. The maximum atomic E-state index is 6.22. The van der Waals surface area contributed by atoms with Crippen LogP contribution in [0.5, 0.6) is 5.75 Å². The molecule has 2 N–H and O–H groups in total. The molecule has 0 amide bonds. The number of hydrogen-bond acceptors (Lipinski definition) is 2. The molecule has 0 saturated carbocycles. The average molecular weight is 233 g/mol. The highest BCUT2D eigenvalue weighted by atomic mass is 16.5. The van der Waals surface area contributed by atoms with Gasteiger partial charge in [-0.1, -0.05) is 26.0 Å². The largest absolute Gasteiger partial charge is 0.487 e. The van der Waals surface area contributed by atoms with Gasteiger partial charge in [0.2, 0.25) is 0 Å². The minimum Gasteiger partial charge on any atom is -0.487 e. The Bertz CT molecular complexity index is 409. The van der Waals surface area contributed by atoms with Crippen LogP contribution in [-0.2, 0) is 6.42 Å². The average Bonchev–Trinajstić information content (AvgIpc) is 2.48. The predicted molar refractivity (Wildman–Crippen MR) is 71.2 cm³/mol. The summed E-state index contributed by atoms with van der Waals surface area (Å²) < 4.78 is 5.87. The van der Waals surface area contributed by atoms with E-state index in [1.165, 1.54) is 11.1 Å². The third-order valence-corrected chi connectivity index (χ3v) is 3.24. The van der Waals surface area contributed by atoms with E-state index in [1.54, 1.807) is 0 Å². The summed E-state index contributed by atoms with van der Waals surface area (Å²) in [5.74, 6) is 1.65. The molecule has 1 aromatic rings. The molecule has 0 bridgehead atoms. The SMILES string of the molecule is CC(C)CC(N)c1ccc2c(c1)CC(C)(C)O2. The fourth-order valence-corrected chi connectivity index (χ4v) is 2.50. The van der Waals surface area contributed by atoms with Gasteiger partial charge in [-0.2, -0.15) is 0 Å². The Hall–Kier alpha value is -1.02. The van der Waals surface area contributed by atoms with Crippen molar-refractivity contribution < 1.29 is 4.74 Å². The summed E-state index contributed by atoms with van der Waals surface area (Å²) in [6.45, 7) is 8.67. The van der Waals surface area contributed by atoms with Gasteiger partial charge < -0.3 is 10.5 Å². The van der Waals surface area contributed by atoms with E-state index < -0.39 is 0 Å². The lowest BCUT2D eigenvalue weighted by atomic mass is 9.94. The fraction of sp³-hybridized carbons (Fsp3) is 0.600. The summed E-state index contributed by atoms with van der Waals surface area (Å²) in [5.41, 5.74) is 8.68. The zero-order valence-electron chi connectivity index (χ0n) is 11.3. The van der Waals surface area contributed by atoms with Gasteiger partial charge in [-0.25, -0.2) is 0 Å². The van der Waals surface area contributed by atoms with Crippen LogP contribution in [0.2, 0.25) is 0 Å². The normalized spacial score (nSPS) is 18.9. The third-order valence-electron chi connectivity index (χ3n) is 3.24. The molecule has 1 unspecified atom stereocenters. The van der Waals surface area contributed by atoms with Gasteiger partial charge in [0.05, 0.1) is 0 Å². The first-order chi connectivity index (χ1) is 7.87. The highest BCUT2D eigenvalue weighted by Crippen LogP contribution is 2.36. The van der Waals surface area contributed by atoms with Gasteiger partial charge in [-0.3, -0.25) is 0 Å². The van der Waals surface area contributed by atoms with Crippen LogP contribution in [-0.4, -0.2) is 5.60 Å². The van der Waals surface area contributed by atoms with E-state index in [4.69, 9.17) is 10.5 Å². The number of rotatable bonds is 3. The van der Waals surface area contributed by atoms with Crippen LogP contribution < -0.4 is 10.5 Å². The van der Waals surface area contributed by atoms with E-state index in [-0.39, 0.29) is 11.6 Å². The molecule has 0 aliphatic carbocycles. The maximum absolute atomic E-state index is 6.22. The van der Waals surface area contributed by atoms with E-state index in [2.05, 4.69) is 45.9 Å². The van der Waals surface area contributed by atoms with Gasteiger partial charge in [-0.15, -0.1) is 0 Å². The number of nitrogens with two attached hydrogens (primary N) is 1. The van der Waals surface area contributed by atoms with E-state index in [9.17, 15) is 0 Å². The molecule has 17 heavy (non-hydrogen) atoms. The maximum Gasteiger partial charge on any atom is 0.123 e. The molecule has 2 rings (SSSR count). The summed E-state index contributed by atoms with van der Waals surface area (Å²) in [7, 11) is 0. The first-order valence-corrected chi connectivity index (χ1v) is 6.45. The minimum absolute atomic E-state index is 0.0664. The van der Waals surface area contributed by atoms with Gasteiger partial charge in [0.15, 0.2) is 0 Å². The van der Waals surface area contributed by atoms with Gasteiger partial charge >= 0.3 is 0 Å². The van der Waals surface area contributed by atoms with Crippen molar-refractivity contribution in [2.24, 2.45) is 11.7 Å². The molecule has 1 aliphatic heterocycles. The van der Waals surface area contributed by atoms with Crippen molar-refractivity contribution in [1.29, 1.82) is 0 Å². The molecule has 1 aliphatic rings. The van der Waals surface area contributed by atoms with Crippen molar-refractivity contribution in [3.05, 3.63) is 29.3 Å². The molecule has 0 fully saturated rings. The monoisotopic (exact) mass is 233 g/mol. The summed E-state index contributed by atoms with van der Waals surface area (Å²) in [6.07, 6.45) is 2.01. The van der Waals surface area contributed by atoms with E-state index in [1.807, 2.05) is 0 Å². The third kappa shape index (κ3) is 2.81. The van der Waals surface area contributed by atoms with Crippen LogP contribution in [0.15, 0.2) is 18.2 Å². The molecule has 2 heteroatoms. The Morgan fingerprint density at radius 1 is 1.35 bits per heavy atom. The van der Waals surface area contributed by atoms with Crippen molar-refractivity contribution >= 4 is 0 Å². The second kappa shape index (κ2) is 4.34. The summed E-state index contributed by atoms with van der Waals surface area (Å²) in [5, 5.41) is 0. The van der Waals surface area contributed by atoms with Crippen molar-refractivity contribution in [2.45, 2.75) is 52.2 Å². The fourth-order valence-electron chi connectivity index (χ4n) is 2.50. The Morgan fingerprint density at radius 2 is 2.06 bits per heavy atom. The summed E-state index contributed by atoms with van der Waals surface area (Å²) >= 11 is 0. The first-order valence-electron chi connectivity index (χ1n) is 6.45. The Balaban J connectivity index is 2.19. The van der Waals surface area contributed by atoms with Crippen LogP contribution in [0.4, 0.5) is 0 Å². The molecule has 94 valence electrons.